The number of fused-ring (bicyclic) bond motifs is 1. The monoisotopic (exact) mass is 445 g/mol. The third-order valence-corrected chi connectivity index (χ3v) is 5.49. The van der Waals surface area contributed by atoms with Gasteiger partial charge in [-0.15, -0.1) is 0 Å². The first-order valence-electron chi connectivity index (χ1n) is 10.3. The Bertz CT molecular complexity index is 1340. The van der Waals surface area contributed by atoms with Crippen molar-refractivity contribution in [2.24, 2.45) is 0 Å². The van der Waals surface area contributed by atoms with E-state index in [2.05, 4.69) is 19.9 Å². The first kappa shape index (κ1) is 20.8. The van der Waals surface area contributed by atoms with E-state index in [0.717, 1.165) is 15.7 Å². The molecular formula is C25H18F3N5. The second-order valence-electron chi connectivity index (χ2n) is 7.57. The van der Waals surface area contributed by atoms with E-state index in [0.29, 0.717) is 17.5 Å². The smallest absolute Gasteiger partial charge is 0.272 e. The highest BCUT2D eigenvalue weighted by Crippen LogP contribution is 2.35. The van der Waals surface area contributed by atoms with Crippen molar-refractivity contribution in [1.29, 1.82) is 0 Å². The molecule has 0 unspecified atom stereocenters. The van der Waals surface area contributed by atoms with Gasteiger partial charge in [0.05, 0.1) is 11.0 Å². The van der Waals surface area contributed by atoms with Gasteiger partial charge in [0, 0.05) is 36.9 Å². The van der Waals surface area contributed by atoms with Crippen LogP contribution in [0.3, 0.4) is 0 Å². The van der Waals surface area contributed by atoms with Gasteiger partial charge in [0.1, 0.15) is 5.82 Å². The summed E-state index contributed by atoms with van der Waals surface area (Å²) in [5, 5.41) is 0. The summed E-state index contributed by atoms with van der Waals surface area (Å²) in [5.74, 6) is -0.960. The van der Waals surface area contributed by atoms with Crippen LogP contribution in [0.2, 0.25) is 0 Å². The Kier molecular flexibility index (Phi) is 5.34. The van der Waals surface area contributed by atoms with Gasteiger partial charge in [-0.25, -0.2) is 9.97 Å². The lowest BCUT2D eigenvalue weighted by Gasteiger charge is -2.20. The van der Waals surface area contributed by atoms with Crippen molar-refractivity contribution in [1.82, 2.24) is 24.5 Å². The fourth-order valence-electron chi connectivity index (χ4n) is 4.03. The number of imidazole rings is 1. The molecule has 5 aromatic rings. The highest BCUT2D eigenvalue weighted by atomic mass is 19.4. The fraction of sp³-hybridized carbons (Fsp3) is 0.120. The molecule has 0 aliphatic carbocycles. The van der Waals surface area contributed by atoms with Crippen molar-refractivity contribution in [3.8, 4) is 5.82 Å². The number of alkyl halides is 3. The molecule has 0 saturated carbocycles. The van der Waals surface area contributed by atoms with Crippen LogP contribution in [0.1, 0.15) is 28.4 Å². The van der Waals surface area contributed by atoms with E-state index in [4.69, 9.17) is 0 Å². The van der Waals surface area contributed by atoms with Crippen LogP contribution in [-0.4, -0.2) is 24.5 Å². The molecule has 4 heterocycles. The zero-order valence-corrected chi connectivity index (χ0v) is 17.3. The first-order chi connectivity index (χ1) is 16.0. The van der Waals surface area contributed by atoms with Gasteiger partial charge >= 0.3 is 6.18 Å². The van der Waals surface area contributed by atoms with Crippen LogP contribution >= 0.6 is 0 Å². The summed E-state index contributed by atoms with van der Waals surface area (Å²) in [6.07, 6.45) is 4.17. The van der Waals surface area contributed by atoms with E-state index in [-0.39, 0.29) is 17.3 Å². The van der Waals surface area contributed by atoms with E-state index in [1.165, 1.54) is 6.20 Å². The second kappa shape index (κ2) is 8.46. The predicted molar refractivity (Wildman–Crippen MR) is 118 cm³/mol. The third-order valence-electron chi connectivity index (χ3n) is 5.49. The Morgan fingerprint density at radius 1 is 0.788 bits per heavy atom. The molecule has 0 bridgehead atoms. The quantitative estimate of drug-likeness (QED) is 0.353. The minimum atomic E-state index is -4.64. The molecule has 0 aliphatic heterocycles. The zero-order valence-electron chi connectivity index (χ0n) is 17.3. The third kappa shape index (κ3) is 4.07. The van der Waals surface area contributed by atoms with Gasteiger partial charge in [-0.05, 0) is 53.4 Å². The summed E-state index contributed by atoms with van der Waals surface area (Å²) in [7, 11) is 0. The first-order valence-corrected chi connectivity index (χ1v) is 10.3. The molecule has 0 N–H and O–H groups in total. The van der Waals surface area contributed by atoms with Crippen molar-refractivity contribution in [3.05, 3.63) is 114 Å². The minimum absolute atomic E-state index is 0.167. The molecule has 33 heavy (non-hydrogen) atoms. The van der Waals surface area contributed by atoms with Gasteiger partial charge in [-0.1, -0.05) is 30.3 Å². The normalized spacial score (nSPS) is 11.9. The number of hydrogen-bond acceptors (Lipinski definition) is 4. The lowest BCUT2D eigenvalue weighted by molar-refractivity contribution is -0.145. The van der Waals surface area contributed by atoms with Crippen LogP contribution in [0.25, 0.3) is 16.9 Å². The predicted octanol–water partition coefficient (Wildman–Crippen LogP) is 5.60. The van der Waals surface area contributed by atoms with Crippen molar-refractivity contribution in [2.75, 3.05) is 0 Å². The summed E-state index contributed by atoms with van der Waals surface area (Å²) >= 11 is 0. The number of aromatic nitrogens is 5. The molecule has 1 aromatic carbocycles. The van der Waals surface area contributed by atoms with Crippen LogP contribution in [0.5, 0.6) is 0 Å². The Morgan fingerprint density at radius 2 is 1.45 bits per heavy atom. The lowest BCUT2D eigenvalue weighted by atomic mass is 9.87. The van der Waals surface area contributed by atoms with Crippen molar-refractivity contribution in [2.45, 2.75) is 18.5 Å². The maximum atomic E-state index is 14.0. The van der Waals surface area contributed by atoms with Crippen LogP contribution < -0.4 is 0 Å². The molecule has 0 saturated heterocycles. The van der Waals surface area contributed by atoms with Gasteiger partial charge in [0.2, 0.25) is 5.82 Å². The van der Waals surface area contributed by atoms with Crippen molar-refractivity contribution in [3.63, 3.8) is 0 Å². The molecule has 0 spiro atoms. The summed E-state index contributed by atoms with van der Waals surface area (Å²) in [6.45, 7) is 0. The molecule has 5 nitrogen and oxygen atoms in total. The summed E-state index contributed by atoms with van der Waals surface area (Å²) in [4.78, 5) is 16.7. The number of hydrogen-bond donors (Lipinski definition) is 0. The van der Waals surface area contributed by atoms with E-state index in [9.17, 15) is 13.2 Å². The Morgan fingerprint density at radius 3 is 2.09 bits per heavy atom. The van der Waals surface area contributed by atoms with Crippen molar-refractivity contribution >= 4 is 11.0 Å². The lowest BCUT2D eigenvalue weighted by Crippen LogP contribution is -2.17. The Balaban J connectivity index is 1.68. The Labute approximate surface area is 187 Å². The van der Waals surface area contributed by atoms with Crippen LogP contribution in [0.4, 0.5) is 13.2 Å². The Hall–Kier alpha value is -4.07. The largest absolute Gasteiger partial charge is 0.450 e. The minimum Gasteiger partial charge on any atom is -0.272 e. The van der Waals surface area contributed by atoms with Crippen LogP contribution in [0, 0.1) is 0 Å². The molecule has 0 aliphatic rings. The number of rotatable bonds is 5. The average Bonchev–Trinajstić information content (AvgIpc) is 3.24. The van der Waals surface area contributed by atoms with E-state index < -0.39 is 12.0 Å². The topological polar surface area (TPSA) is 56.5 Å². The fourth-order valence-corrected chi connectivity index (χ4v) is 4.03. The zero-order chi connectivity index (χ0) is 22.8. The van der Waals surface area contributed by atoms with Crippen LogP contribution in [0.15, 0.2) is 91.6 Å². The van der Waals surface area contributed by atoms with Gasteiger partial charge in [-0.3, -0.25) is 14.5 Å². The maximum absolute atomic E-state index is 14.0. The number of para-hydroxylation sites is 2. The number of benzene rings is 1. The molecule has 4 aromatic heterocycles. The van der Waals surface area contributed by atoms with Gasteiger partial charge in [-0.2, -0.15) is 13.2 Å². The molecule has 0 fully saturated rings. The molecular weight excluding hydrogens is 427 g/mol. The summed E-state index contributed by atoms with van der Waals surface area (Å²) in [6, 6.07) is 17.7. The maximum Gasteiger partial charge on any atom is 0.450 e. The van der Waals surface area contributed by atoms with Gasteiger partial charge in [0.25, 0.3) is 0 Å². The number of halogens is 3. The van der Waals surface area contributed by atoms with E-state index >= 15 is 0 Å². The number of nitrogens with zero attached hydrogens (tertiary/aromatic N) is 5. The summed E-state index contributed by atoms with van der Waals surface area (Å²) < 4.78 is 43.0. The molecule has 0 amide bonds. The summed E-state index contributed by atoms with van der Waals surface area (Å²) in [5.41, 5.74) is 3.14. The highest BCUT2D eigenvalue weighted by Gasteiger charge is 2.38. The van der Waals surface area contributed by atoms with Crippen LogP contribution in [-0.2, 0) is 12.6 Å². The standard InChI is InChI=1S/C25H18F3N5/c26-25(27,28)24-32-21-9-1-2-10-22(21)33(24)23-17(6-5-13-31-23)14-20(18-7-3-11-29-15-18)19-8-4-12-30-16-19/h1-13,15-16,20H,14H2. The second-order valence-corrected chi connectivity index (χ2v) is 7.57. The molecule has 8 heteroatoms. The van der Waals surface area contributed by atoms with Gasteiger partial charge in [0.15, 0.2) is 0 Å². The number of pyridine rings is 3. The molecule has 5 rings (SSSR count). The molecule has 0 atom stereocenters. The van der Waals surface area contributed by atoms with Gasteiger partial charge < -0.3 is 0 Å². The average molecular weight is 445 g/mol. The van der Waals surface area contributed by atoms with E-state index in [1.807, 2.05) is 24.3 Å². The van der Waals surface area contributed by atoms with E-state index in [1.54, 1.807) is 61.2 Å². The highest BCUT2D eigenvalue weighted by molar-refractivity contribution is 5.78. The molecule has 0 radical (unpaired) electrons. The molecule has 164 valence electrons. The SMILES string of the molecule is FC(F)(F)c1nc2ccccc2n1-c1ncccc1CC(c1cccnc1)c1cccnc1. The van der Waals surface area contributed by atoms with Crippen molar-refractivity contribution < 1.29 is 13.2 Å².